The molecule has 8 nitrogen and oxygen atoms in total. The predicted molar refractivity (Wildman–Crippen MR) is 127 cm³/mol. The van der Waals surface area contributed by atoms with Crippen LogP contribution >= 0.6 is 11.3 Å². The zero-order valence-electron chi connectivity index (χ0n) is 18.2. The third-order valence-corrected chi connectivity index (χ3v) is 5.93. The number of aryl methyl sites for hydroxylation is 1. The maximum absolute atomic E-state index is 12.9. The average Bonchev–Trinajstić information content (AvgIpc) is 3.37. The van der Waals surface area contributed by atoms with E-state index in [1.807, 2.05) is 36.6 Å². The molecule has 1 aromatic heterocycles. The molecule has 9 heteroatoms. The predicted octanol–water partition coefficient (Wildman–Crippen LogP) is 4.98. The molecule has 0 saturated heterocycles. The fourth-order valence-electron chi connectivity index (χ4n) is 3.09. The molecule has 2 heterocycles. The molecule has 32 heavy (non-hydrogen) atoms. The molecule has 0 N–H and O–H groups in total. The molecule has 4 rings (SSSR count). The third kappa shape index (κ3) is 4.33. The van der Waals surface area contributed by atoms with Crippen molar-refractivity contribution in [1.29, 1.82) is 0 Å². The number of azo groups is 1. The summed E-state index contributed by atoms with van der Waals surface area (Å²) in [5.74, 6) is -0.348. The van der Waals surface area contributed by atoms with E-state index in [-0.39, 0.29) is 11.8 Å². The summed E-state index contributed by atoms with van der Waals surface area (Å²) in [6.07, 6.45) is 0. The number of hydrogen-bond acceptors (Lipinski definition) is 7. The van der Waals surface area contributed by atoms with Crippen LogP contribution in [0.15, 0.2) is 69.2 Å². The fraction of sp³-hybridized carbons (Fsp3) is 0.217. The standard InChI is InChI=1S/C23H22N6O2S/c1-14-5-7-17(8-6-14)20-13-32-23(24-20)29-22(31)21(15(2)27-29)26-25-18-9-11-19(12-10-18)28(4)16(3)30/h5-13,21H,1-4H3/t21-/m1/s1. The number of hydrazone groups is 1. The Morgan fingerprint density at radius 3 is 2.44 bits per heavy atom. The van der Waals surface area contributed by atoms with Crippen LogP contribution in [0, 0.1) is 6.92 Å². The second-order valence-electron chi connectivity index (χ2n) is 7.49. The van der Waals surface area contributed by atoms with Crippen LogP contribution in [-0.4, -0.2) is 35.6 Å². The van der Waals surface area contributed by atoms with Crippen LogP contribution < -0.4 is 9.91 Å². The topological polar surface area (TPSA) is 90.6 Å². The molecule has 0 aliphatic carbocycles. The van der Waals surface area contributed by atoms with Crippen molar-refractivity contribution in [2.24, 2.45) is 15.3 Å². The maximum atomic E-state index is 12.9. The van der Waals surface area contributed by atoms with Gasteiger partial charge in [-0.1, -0.05) is 29.8 Å². The number of carbonyl (C=O) groups is 2. The van der Waals surface area contributed by atoms with E-state index in [1.165, 1.54) is 33.7 Å². The minimum absolute atomic E-state index is 0.0596. The van der Waals surface area contributed by atoms with Gasteiger partial charge in [0, 0.05) is 30.6 Å². The summed E-state index contributed by atoms with van der Waals surface area (Å²) < 4.78 is 0. The van der Waals surface area contributed by atoms with Crippen molar-refractivity contribution in [1.82, 2.24) is 4.98 Å². The van der Waals surface area contributed by atoms with Gasteiger partial charge >= 0.3 is 0 Å². The van der Waals surface area contributed by atoms with E-state index in [0.29, 0.717) is 16.5 Å². The minimum Gasteiger partial charge on any atom is -0.316 e. The molecule has 1 aliphatic heterocycles. The molecule has 0 bridgehead atoms. The van der Waals surface area contributed by atoms with E-state index < -0.39 is 6.04 Å². The summed E-state index contributed by atoms with van der Waals surface area (Å²) in [4.78, 5) is 30.5. The van der Waals surface area contributed by atoms with Crippen molar-refractivity contribution in [3.63, 3.8) is 0 Å². The largest absolute Gasteiger partial charge is 0.316 e. The molecule has 0 fully saturated rings. The first-order chi connectivity index (χ1) is 15.3. The first-order valence-corrected chi connectivity index (χ1v) is 10.9. The second-order valence-corrected chi connectivity index (χ2v) is 8.32. The van der Waals surface area contributed by atoms with Gasteiger partial charge in [0.25, 0.3) is 5.91 Å². The summed E-state index contributed by atoms with van der Waals surface area (Å²) in [6, 6.07) is 14.3. The minimum atomic E-state index is -0.790. The molecule has 1 atom stereocenters. The lowest BCUT2D eigenvalue weighted by atomic mass is 10.1. The molecule has 162 valence electrons. The monoisotopic (exact) mass is 446 g/mol. The van der Waals surface area contributed by atoms with E-state index in [1.54, 1.807) is 38.2 Å². The first-order valence-electron chi connectivity index (χ1n) is 10.0. The van der Waals surface area contributed by atoms with Crippen LogP contribution in [0.2, 0.25) is 0 Å². The Hall–Kier alpha value is -3.72. The van der Waals surface area contributed by atoms with E-state index in [4.69, 9.17) is 0 Å². The number of amides is 2. The molecule has 0 spiro atoms. The highest BCUT2D eigenvalue weighted by atomic mass is 32.1. The number of rotatable bonds is 5. The van der Waals surface area contributed by atoms with Crippen LogP contribution in [0.4, 0.5) is 16.5 Å². The lowest BCUT2D eigenvalue weighted by molar-refractivity contribution is -0.118. The average molecular weight is 447 g/mol. The summed E-state index contributed by atoms with van der Waals surface area (Å²) in [5.41, 5.74) is 4.85. The SMILES string of the molecule is CC(=O)N(C)c1ccc(N=N[C@H]2C(=O)N(c3nc(-c4ccc(C)cc4)cs3)N=C2C)cc1. The number of nitrogens with zero attached hydrogens (tertiary/aromatic N) is 6. The van der Waals surface area contributed by atoms with Crippen molar-refractivity contribution >= 4 is 45.4 Å². The summed E-state index contributed by atoms with van der Waals surface area (Å²) in [7, 11) is 1.70. The first kappa shape index (κ1) is 21.5. The number of carbonyl (C=O) groups excluding carboxylic acids is 2. The Kier molecular flexibility index (Phi) is 5.91. The molecular formula is C23H22N6O2S. The lowest BCUT2D eigenvalue weighted by Gasteiger charge is -2.14. The van der Waals surface area contributed by atoms with E-state index in [0.717, 1.165) is 16.9 Å². The second kappa shape index (κ2) is 8.80. The zero-order valence-corrected chi connectivity index (χ0v) is 19.0. The Balaban J connectivity index is 1.48. The quantitative estimate of drug-likeness (QED) is 0.518. The highest BCUT2D eigenvalue weighted by molar-refractivity contribution is 7.14. The molecule has 1 aliphatic rings. The number of benzene rings is 2. The molecule has 0 saturated carbocycles. The fourth-order valence-corrected chi connectivity index (χ4v) is 3.88. The zero-order chi connectivity index (χ0) is 22.8. The smallest absolute Gasteiger partial charge is 0.282 e. The lowest BCUT2D eigenvalue weighted by Crippen LogP contribution is -2.29. The van der Waals surface area contributed by atoms with Gasteiger partial charge in [-0.3, -0.25) is 9.59 Å². The summed E-state index contributed by atoms with van der Waals surface area (Å²) in [6.45, 7) is 5.28. The van der Waals surface area contributed by atoms with Crippen LogP contribution in [-0.2, 0) is 9.59 Å². The maximum Gasteiger partial charge on any atom is 0.282 e. The van der Waals surface area contributed by atoms with Gasteiger partial charge in [-0.15, -0.1) is 11.3 Å². The van der Waals surface area contributed by atoms with Crippen molar-refractivity contribution < 1.29 is 9.59 Å². The number of aromatic nitrogens is 1. The Bertz CT molecular complexity index is 1210. The van der Waals surface area contributed by atoms with Crippen molar-refractivity contribution in [3.8, 4) is 11.3 Å². The number of hydrogen-bond donors (Lipinski definition) is 0. The van der Waals surface area contributed by atoms with Gasteiger partial charge in [-0.2, -0.15) is 20.3 Å². The third-order valence-electron chi connectivity index (χ3n) is 5.11. The molecule has 2 aromatic carbocycles. The highest BCUT2D eigenvalue weighted by Gasteiger charge is 2.36. The van der Waals surface area contributed by atoms with Gasteiger partial charge in [0.15, 0.2) is 6.04 Å². The van der Waals surface area contributed by atoms with E-state index in [9.17, 15) is 9.59 Å². The number of thiazole rings is 1. The molecule has 0 radical (unpaired) electrons. The van der Waals surface area contributed by atoms with Gasteiger partial charge in [0.1, 0.15) is 0 Å². The Morgan fingerprint density at radius 2 is 1.78 bits per heavy atom. The molecular weight excluding hydrogens is 424 g/mol. The van der Waals surface area contributed by atoms with Crippen molar-refractivity contribution in [2.45, 2.75) is 26.8 Å². The van der Waals surface area contributed by atoms with Crippen molar-refractivity contribution in [2.75, 3.05) is 17.0 Å². The van der Waals surface area contributed by atoms with Gasteiger partial charge in [-0.25, -0.2) is 4.98 Å². The van der Waals surface area contributed by atoms with Gasteiger partial charge in [0.05, 0.1) is 17.1 Å². The van der Waals surface area contributed by atoms with Crippen LogP contribution in [0.1, 0.15) is 19.4 Å². The van der Waals surface area contributed by atoms with Gasteiger partial charge < -0.3 is 4.90 Å². The molecule has 2 amide bonds. The molecule has 0 unspecified atom stereocenters. The molecule has 3 aromatic rings. The summed E-state index contributed by atoms with van der Waals surface area (Å²) in [5, 5.41) is 16.5. The summed E-state index contributed by atoms with van der Waals surface area (Å²) >= 11 is 1.36. The van der Waals surface area contributed by atoms with Gasteiger partial charge in [-0.05, 0) is 38.1 Å². The van der Waals surface area contributed by atoms with E-state index >= 15 is 0 Å². The van der Waals surface area contributed by atoms with E-state index in [2.05, 4.69) is 20.3 Å². The Morgan fingerprint density at radius 1 is 1.09 bits per heavy atom. The normalized spacial score (nSPS) is 16.0. The Labute approximate surface area is 189 Å². The van der Waals surface area contributed by atoms with Crippen LogP contribution in [0.25, 0.3) is 11.3 Å². The van der Waals surface area contributed by atoms with Crippen LogP contribution in [0.3, 0.4) is 0 Å². The number of anilines is 2. The van der Waals surface area contributed by atoms with Crippen molar-refractivity contribution in [3.05, 3.63) is 59.5 Å². The van der Waals surface area contributed by atoms with Gasteiger partial charge in [0.2, 0.25) is 11.0 Å². The van der Waals surface area contributed by atoms with Crippen LogP contribution in [0.5, 0.6) is 0 Å². The highest BCUT2D eigenvalue weighted by Crippen LogP contribution is 2.31.